The fourth-order valence-electron chi connectivity index (χ4n) is 4.20. The van der Waals surface area contributed by atoms with Crippen molar-refractivity contribution in [2.75, 3.05) is 38.0 Å². The van der Waals surface area contributed by atoms with Crippen LogP contribution in [0.5, 0.6) is 0 Å². The highest BCUT2D eigenvalue weighted by atomic mass is 16.2. The lowest BCUT2D eigenvalue weighted by atomic mass is 10.1. The van der Waals surface area contributed by atoms with E-state index in [0.29, 0.717) is 17.0 Å². The SMILES string of the molecule is O=C(Nc1ccccc1)c1cccc(C(=O)N2CCC(CN3CCCC3)C2)c1. The molecule has 2 saturated heterocycles. The second-order valence-electron chi connectivity index (χ2n) is 7.81. The molecule has 0 spiro atoms. The van der Waals surface area contributed by atoms with Crippen molar-refractivity contribution in [2.24, 2.45) is 5.92 Å². The molecule has 0 aromatic heterocycles. The van der Waals surface area contributed by atoms with Crippen LogP contribution < -0.4 is 5.32 Å². The maximum absolute atomic E-state index is 12.9. The Labute approximate surface area is 166 Å². The molecule has 5 heteroatoms. The van der Waals surface area contributed by atoms with Gasteiger partial charge in [0.25, 0.3) is 11.8 Å². The second-order valence-corrected chi connectivity index (χ2v) is 7.81. The highest BCUT2D eigenvalue weighted by Gasteiger charge is 2.29. The average Bonchev–Trinajstić information content (AvgIpc) is 3.41. The zero-order valence-electron chi connectivity index (χ0n) is 16.1. The first-order valence-electron chi connectivity index (χ1n) is 10.2. The Morgan fingerprint density at radius 2 is 1.68 bits per heavy atom. The zero-order valence-corrected chi connectivity index (χ0v) is 16.1. The molecule has 2 aromatic carbocycles. The first-order chi connectivity index (χ1) is 13.7. The lowest BCUT2D eigenvalue weighted by Gasteiger charge is -2.21. The molecule has 2 heterocycles. The van der Waals surface area contributed by atoms with Crippen LogP contribution in [-0.2, 0) is 0 Å². The standard InChI is InChI=1S/C23H27N3O2/c27-22(24-21-9-2-1-3-10-21)19-7-6-8-20(15-19)23(28)26-14-11-18(17-26)16-25-12-4-5-13-25/h1-3,6-10,15,18H,4-5,11-14,16-17H2,(H,24,27). The van der Waals surface area contributed by atoms with E-state index in [1.807, 2.05) is 35.2 Å². The van der Waals surface area contributed by atoms with Gasteiger partial charge in [0, 0.05) is 36.4 Å². The van der Waals surface area contributed by atoms with Crippen molar-refractivity contribution in [2.45, 2.75) is 19.3 Å². The predicted molar refractivity (Wildman–Crippen MR) is 111 cm³/mol. The quantitative estimate of drug-likeness (QED) is 0.868. The number of nitrogens with zero attached hydrogens (tertiary/aromatic N) is 2. The molecule has 2 aliphatic heterocycles. The van der Waals surface area contributed by atoms with Crippen molar-refractivity contribution in [3.05, 3.63) is 65.7 Å². The van der Waals surface area contributed by atoms with Crippen molar-refractivity contribution >= 4 is 17.5 Å². The van der Waals surface area contributed by atoms with Gasteiger partial charge >= 0.3 is 0 Å². The topological polar surface area (TPSA) is 52.7 Å². The molecule has 5 nitrogen and oxygen atoms in total. The van der Waals surface area contributed by atoms with Gasteiger partial charge in [0.15, 0.2) is 0 Å². The van der Waals surface area contributed by atoms with Gasteiger partial charge in [-0.25, -0.2) is 0 Å². The number of amides is 2. The van der Waals surface area contributed by atoms with E-state index in [4.69, 9.17) is 0 Å². The Kier molecular flexibility index (Phi) is 5.72. The van der Waals surface area contributed by atoms with Gasteiger partial charge in [0.1, 0.15) is 0 Å². The molecular formula is C23H27N3O2. The minimum absolute atomic E-state index is 0.0262. The zero-order chi connectivity index (χ0) is 19.3. The van der Waals surface area contributed by atoms with Crippen LogP contribution in [0.3, 0.4) is 0 Å². The molecule has 2 aliphatic rings. The highest BCUT2D eigenvalue weighted by molar-refractivity contribution is 6.06. The van der Waals surface area contributed by atoms with Gasteiger partial charge in [-0.2, -0.15) is 0 Å². The predicted octanol–water partition coefficient (Wildman–Crippen LogP) is 3.50. The van der Waals surface area contributed by atoms with Crippen LogP contribution >= 0.6 is 0 Å². The number of carbonyl (C=O) groups excluding carboxylic acids is 2. The molecule has 2 fully saturated rings. The van der Waals surface area contributed by atoms with Gasteiger partial charge in [-0.05, 0) is 68.6 Å². The summed E-state index contributed by atoms with van der Waals surface area (Å²) in [6, 6.07) is 16.4. The summed E-state index contributed by atoms with van der Waals surface area (Å²) < 4.78 is 0. The van der Waals surface area contributed by atoms with E-state index < -0.39 is 0 Å². The van der Waals surface area contributed by atoms with Crippen LogP contribution in [0.4, 0.5) is 5.69 Å². The third-order valence-electron chi connectivity index (χ3n) is 5.69. The maximum Gasteiger partial charge on any atom is 0.255 e. The first kappa shape index (κ1) is 18.7. The Morgan fingerprint density at radius 1 is 0.929 bits per heavy atom. The number of benzene rings is 2. The van der Waals surface area contributed by atoms with Crippen LogP contribution in [0.25, 0.3) is 0 Å². The third kappa shape index (κ3) is 4.42. The number of nitrogens with one attached hydrogen (secondary N) is 1. The number of rotatable bonds is 5. The van der Waals surface area contributed by atoms with Gasteiger partial charge in [-0.3, -0.25) is 9.59 Å². The number of hydrogen-bond donors (Lipinski definition) is 1. The van der Waals surface area contributed by atoms with Crippen molar-refractivity contribution in [3.8, 4) is 0 Å². The summed E-state index contributed by atoms with van der Waals surface area (Å²) in [4.78, 5) is 29.9. The van der Waals surface area contributed by atoms with Crippen LogP contribution in [0.1, 0.15) is 40.0 Å². The summed E-state index contributed by atoms with van der Waals surface area (Å²) in [6.07, 6.45) is 3.66. The van der Waals surface area contributed by atoms with Crippen LogP contribution in [0, 0.1) is 5.92 Å². The minimum Gasteiger partial charge on any atom is -0.338 e. The second kappa shape index (κ2) is 8.57. The van der Waals surface area contributed by atoms with Gasteiger partial charge < -0.3 is 15.1 Å². The van der Waals surface area contributed by atoms with Crippen LogP contribution in [0.15, 0.2) is 54.6 Å². The smallest absolute Gasteiger partial charge is 0.255 e. The monoisotopic (exact) mass is 377 g/mol. The Morgan fingerprint density at radius 3 is 2.46 bits per heavy atom. The van der Waals surface area contributed by atoms with Crippen LogP contribution in [-0.4, -0.2) is 54.3 Å². The number of anilines is 1. The lowest BCUT2D eigenvalue weighted by molar-refractivity contribution is 0.0784. The molecule has 1 N–H and O–H groups in total. The summed E-state index contributed by atoms with van der Waals surface area (Å²) in [7, 11) is 0. The molecule has 1 unspecified atom stereocenters. The highest BCUT2D eigenvalue weighted by Crippen LogP contribution is 2.22. The molecule has 1 atom stereocenters. The summed E-state index contributed by atoms with van der Waals surface area (Å²) in [5.41, 5.74) is 1.83. The average molecular weight is 377 g/mol. The third-order valence-corrected chi connectivity index (χ3v) is 5.69. The van der Waals surface area contributed by atoms with E-state index in [9.17, 15) is 9.59 Å². The fraction of sp³-hybridized carbons (Fsp3) is 0.391. The van der Waals surface area contributed by atoms with Gasteiger partial charge in [0.05, 0.1) is 0 Å². The molecule has 0 saturated carbocycles. The molecular weight excluding hydrogens is 350 g/mol. The van der Waals surface area contributed by atoms with E-state index >= 15 is 0 Å². The Hall–Kier alpha value is -2.66. The molecule has 0 aliphatic carbocycles. The number of hydrogen-bond acceptors (Lipinski definition) is 3. The first-order valence-corrected chi connectivity index (χ1v) is 10.2. The van der Waals surface area contributed by atoms with Crippen molar-refractivity contribution < 1.29 is 9.59 Å². The molecule has 4 rings (SSSR count). The summed E-state index contributed by atoms with van der Waals surface area (Å²) >= 11 is 0. The van der Waals surface area contributed by atoms with Crippen LogP contribution in [0.2, 0.25) is 0 Å². The fourth-order valence-corrected chi connectivity index (χ4v) is 4.20. The maximum atomic E-state index is 12.9. The number of carbonyl (C=O) groups is 2. The number of para-hydroxylation sites is 1. The molecule has 0 radical (unpaired) electrons. The van der Waals surface area contributed by atoms with Crippen molar-refractivity contribution in [1.29, 1.82) is 0 Å². The van der Waals surface area contributed by atoms with E-state index in [2.05, 4.69) is 10.2 Å². The van der Waals surface area contributed by atoms with Crippen molar-refractivity contribution in [3.63, 3.8) is 0 Å². The normalized spacial score (nSPS) is 19.7. The summed E-state index contributed by atoms with van der Waals surface area (Å²) in [5, 5.41) is 2.87. The molecule has 0 bridgehead atoms. The Bertz CT molecular complexity index is 831. The molecule has 146 valence electrons. The van der Waals surface area contributed by atoms with Gasteiger partial charge in [0.2, 0.25) is 0 Å². The Balaban J connectivity index is 1.38. The van der Waals surface area contributed by atoms with E-state index in [0.717, 1.165) is 31.7 Å². The summed E-state index contributed by atoms with van der Waals surface area (Å²) in [6.45, 7) is 5.11. The van der Waals surface area contributed by atoms with E-state index in [1.54, 1.807) is 24.3 Å². The van der Waals surface area contributed by atoms with E-state index in [-0.39, 0.29) is 11.8 Å². The molecule has 2 amide bonds. The summed E-state index contributed by atoms with van der Waals surface area (Å²) in [5.74, 6) is 0.388. The van der Waals surface area contributed by atoms with Gasteiger partial charge in [-0.1, -0.05) is 24.3 Å². The van der Waals surface area contributed by atoms with Gasteiger partial charge in [-0.15, -0.1) is 0 Å². The van der Waals surface area contributed by atoms with E-state index in [1.165, 1.54) is 25.9 Å². The largest absolute Gasteiger partial charge is 0.338 e. The molecule has 28 heavy (non-hydrogen) atoms. The van der Waals surface area contributed by atoms with Crippen molar-refractivity contribution in [1.82, 2.24) is 9.80 Å². The number of likely N-dealkylation sites (tertiary alicyclic amines) is 2. The minimum atomic E-state index is -0.200. The molecule has 2 aromatic rings. The lowest BCUT2D eigenvalue weighted by Crippen LogP contribution is -2.32.